The Balaban J connectivity index is 1.60. The molecule has 4 fully saturated rings. The van der Waals surface area contributed by atoms with Crippen molar-refractivity contribution in [1.82, 2.24) is 10.6 Å². The van der Waals surface area contributed by atoms with Crippen molar-refractivity contribution < 1.29 is 9.18 Å². The third kappa shape index (κ3) is 3.50. The standard InChI is InChI=1S/C21H28ClFN2O/c22-16-6-7-18(19(23)11-16)21(8-2-1-3-9-21)25-20(26)17-10-14-4-5-15(17)13-24-12-14/h6-7,11,14-15,17,24H,1-5,8-10,12-13H2,(H,25,26). The number of benzene rings is 1. The quantitative estimate of drug-likeness (QED) is 0.818. The Kier molecular flexibility index (Phi) is 5.24. The van der Waals surface area contributed by atoms with Crippen molar-refractivity contribution in [2.45, 2.75) is 56.9 Å². The van der Waals surface area contributed by atoms with Gasteiger partial charge in [0.2, 0.25) is 5.91 Å². The topological polar surface area (TPSA) is 41.1 Å². The molecular weight excluding hydrogens is 351 g/mol. The van der Waals surface area contributed by atoms with Crippen molar-refractivity contribution in [3.05, 3.63) is 34.6 Å². The first kappa shape index (κ1) is 18.2. The molecule has 2 bridgehead atoms. The molecule has 1 aromatic carbocycles. The van der Waals surface area contributed by atoms with Gasteiger partial charge in [0.05, 0.1) is 5.54 Å². The molecule has 2 saturated carbocycles. The van der Waals surface area contributed by atoms with Gasteiger partial charge in [0, 0.05) is 16.5 Å². The van der Waals surface area contributed by atoms with Crippen LogP contribution in [0, 0.1) is 23.6 Å². The summed E-state index contributed by atoms with van der Waals surface area (Å²) in [7, 11) is 0. The van der Waals surface area contributed by atoms with Crippen molar-refractivity contribution in [2.24, 2.45) is 17.8 Å². The van der Waals surface area contributed by atoms with Crippen LogP contribution in [0.3, 0.4) is 0 Å². The number of hydrogen-bond donors (Lipinski definition) is 2. The summed E-state index contributed by atoms with van der Waals surface area (Å²) < 4.78 is 14.7. The van der Waals surface area contributed by atoms with Gasteiger partial charge in [-0.3, -0.25) is 4.79 Å². The Bertz CT molecular complexity index is 670. The molecule has 26 heavy (non-hydrogen) atoms. The van der Waals surface area contributed by atoms with Crippen LogP contribution in [0.5, 0.6) is 0 Å². The summed E-state index contributed by atoms with van der Waals surface area (Å²) in [5, 5.41) is 7.24. The van der Waals surface area contributed by atoms with E-state index in [0.29, 0.717) is 22.4 Å². The average Bonchev–Trinajstić information content (AvgIpc) is 2.98. The first-order chi connectivity index (χ1) is 12.6. The summed E-state index contributed by atoms with van der Waals surface area (Å²) in [5.41, 5.74) is 0.0232. The molecule has 0 radical (unpaired) electrons. The van der Waals surface area contributed by atoms with Gasteiger partial charge in [-0.25, -0.2) is 4.39 Å². The molecule has 2 heterocycles. The summed E-state index contributed by atoms with van der Waals surface area (Å²) in [5.74, 6) is 0.879. The number of carbonyl (C=O) groups excluding carboxylic acids is 1. The molecular formula is C21H28ClFN2O. The zero-order valence-corrected chi connectivity index (χ0v) is 16.0. The maximum absolute atomic E-state index is 14.7. The second-order valence-corrected chi connectivity index (χ2v) is 8.90. The molecule has 3 unspecified atom stereocenters. The van der Waals surface area contributed by atoms with Gasteiger partial charge in [0.1, 0.15) is 5.82 Å². The summed E-state index contributed by atoms with van der Waals surface area (Å²) >= 11 is 5.96. The SMILES string of the molecule is O=C(NC1(c2ccc(Cl)cc2F)CCCCC1)C1CC2CCC1CNC2. The van der Waals surface area contributed by atoms with Crippen LogP contribution in [-0.2, 0) is 10.3 Å². The number of carbonyl (C=O) groups is 1. The highest BCUT2D eigenvalue weighted by molar-refractivity contribution is 6.30. The molecule has 3 nitrogen and oxygen atoms in total. The number of nitrogens with one attached hydrogen (secondary N) is 2. The third-order valence-corrected chi connectivity index (χ3v) is 7.03. The fourth-order valence-electron chi connectivity index (χ4n) is 5.37. The van der Waals surface area contributed by atoms with Gasteiger partial charge in [-0.05, 0) is 69.2 Å². The van der Waals surface area contributed by atoms with E-state index in [9.17, 15) is 9.18 Å². The maximum Gasteiger partial charge on any atom is 0.224 e. The largest absolute Gasteiger partial charge is 0.346 e. The van der Waals surface area contributed by atoms with E-state index in [1.807, 2.05) is 0 Å². The summed E-state index contributed by atoms with van der Waals surface area (Å²) in [6, 6.07) is 4.88. The predicted octanol–water partition coefficient (Wildman–Crippen LogP) is 4.39. The van der Waals surface area contributed by atoms with Gasteiger partial charge in [-0.15, -0.1) is 0 Å². The molecule has 4 aliphatic rings. The lowest BCUT2D eigenvalue weighted by Crippen LogP contribution is -2.51. The van der Waals surface area contributed by atoms with Gasteiger partial charge < -0.3 is 10.6 Å². The Labute approximate surface area is 160 Å². The van der Waals surface area contributed by atoms with Gasteiger partial charge in [0.15, 0.2) is 0 Å². The Morgan fingerprint density at radius 3 is 2.77 bits per heavy atom. The molecule has 2 N–H and O–H groups in total. The van der Waals surface area contributed by atoms with Crippen molar-refractivity contribution in [3.8, 4) is 0 Å². The van der Waals surface area contributed by atoms with Crippen LogP contribution >= 0.6 is 11.6 Å². The minimum absolute atomic E-state index is 0.0536. The lowest BCUT2D eigenvalue weighted by molar-refractivity contribution is -0.130. The summed E-state index contributed by atoms with van der Waals surface area (Å²) in [6.45, 7) is 1.95. The zero-order valence-electron chi connectivity index (χ0n) is 15.2. The second-order valence-electron chi connectivity index (χ2n) is 8.46. The number of hydrogen-bond acceptors (Lipinski definition) is 2. The Hall–Kier alpha value is -1.13. The van der Waals surface area contributed by atoms with E-state index in [-0.39, 0.29) is 17.6 Å². The Morgan fingerprint density at radius 2 is 2.00 bits per heavy atom. The van der Waals surface area contributed by atoms with Crippen LogP contribution in [0.1, 0.15) is 56.9 Å². The lowest BCUT2D eigenvalue weighted by Gasteiger charge is -2.41. The van der Waals surface area contributed by atoms with E-state index in [0.717, 1.165) is 58.0 Å². The number of halogens is 2. The van der Waals surface area contributed by atoms with Crippen LogP contribution in [0.4, 0.5) is 4.39 Å². The molecule has 1 amide bonds. The molecule has 5 heteroatoms. The van der Waals surface area contributed by atoms with Crippen molar-refractivity contribution >= 4 is 17.5 Å². The fraction of sp³-hybridized carbons (Fsp3) is 0.667. The van der Waals surface area contributed by atoms with Crippen LogP contribution < -0.4 is 10.6 Å². The molecule has 0 aromatic heterocycles. The minimum Gasteiger partial charge on any atom is -0.346 e. The maximum atomic E-state index is 14.7. The smallest absolute Gasteiger partial charge is 0.224 e. The second kappa shape index (κ2) is 7.47. The molecule has 1 aromatic rings. The van der Waals surface area contributed by atoms with Crippen LogP contribution in [-0.4, -0.2) is 19.0 Å². The van der Waals surface area contributed by atoms with E-state index in [1.165, 1.54) is 12.5 Å². The minimum atomic E-state index is -0.580. The number of fused-ring (bicyclic) bond motifs is 4. The van der Waals surface area contributed by atoms with E-state index in [4.69, 9.17) is 11.6 Å². The summed E-state index contributed by atoms with van der Waals surface area (Å²) in [4.78, 5) is 13.3. The average molecular weight is 379 g/mol. The summed E-state index contributed by atoms with van der Waals surface area (Å²) in [6.07, 6.45) is 8.08. The van der Waals surface area contributed by atoms with Crippen molar-refractivity contribution in [1.29, 1.82) is 0 Å². The molecule has 2 aliphatic carbocycles. The van der Waals surface area contributed by atoms with Crippen LogP contribution in [0.25, 0.3) is 0 Å². The van der Waals surface area contributed by atoms with Gasteiger partial charge in [0.25, 0.3) is 0 Å². The molecule has 2 aliphatic heterocycles. The number of rotatable bonds is 3. The normalized spacial score (nSPS) is 30.6. The highest BCUT2D eigenvalue weighted by atomic mass is 35.5. The third-order valence-electron chi connectivity index (χ3n) is 6.79. The van der Waals surface area contributed by atoms with Gasteiger partial charge in [-0.1, -0.05) is 36.9 Å². The van der Waals surface area contributed by atoms with Crippen molar-refractivity contribution in [3.63, 3.8) is 0 Å². The van der Waals surface area contributed by atoms with Gasteiger partial charge >= 0.3 is 0 Å². The van der Waals surface area contributed by atoms with E-state index in [1.54, 1.807) is 12.1 Å². The monoisotopic (exact) mass is 378 g/mol. The zero-order chi connectivity index (χ0) is 18.1. The lowest BCUT2D eigenvalue weighted by atomic mass is 9.73. The highest BCUT2D eigenvalue weighted by Gasteiger charge is 2.42. The predicted molar refractivity (Wildman–Crippen MR) is 102 cm³/mol. The first-order valence-electron chi connectivity index (χ1n) is 10.1. The molecule has 142 valence electrons. The van der Waals surface area contributed by atoms with E-state index in [2.05, 4.69) is 10.6 Å². The van der Waals surface area contributed by atoms with Crippen LogP contribution in [0.15, 0.2) is 18.2 Å². The van der Waals surface area contributed by atoms with Gasteiger partial charge in [-0.2, -0.15) is 0 Å². The molecule has 3 atom stereocenters. The first-order valence-corrected chi connectivity index (χ1v) is 10.4. The highest BCUT2D eigenvalue weighted by Crippen LogP contribution is 2.41. The van der Waals surface area contributed by atoms with E-state index >= 15 is 0 Å². The Morgan fingerprint density at radius 1 is 1.19 bits per heavy atom. The molecule has 2 saturated heterocycles. The molecule has 5 rings (SSSR count). The van der Waals surface area contributed by atoms with Crippen molar-refractivity contribution in [2.75, 3.05) is 13.1 Å². The number of amides is 1. The fourth-order valence-corrected chi connectivity index (χ4v) is 5.53. The van der Waals surface area contributed by atoms with E-state index < -0.39 is 5.54 Å². The van der Waals surface area contributed by atoms with Crippen LogP contribution in [0.2, 0.25) is 5.02 Å². The molecule has 0 spiro atoms.